The molecule has 0 aromatic heterocycles. The number of benzene rings is 1. The zero-order valence-corrected chi connectivity index (χ0v) is 12.9. The lowest BCUT2D eigenvalue weighted by atomic mass is 9.84. The van der Waals surface area contributed by atoms with Gasteiger partial charge >= 0.3 is 0 Å². The van der Waals surface area contributed by atoms with Crippen LogP contribution in [0.4, 0.5) is 10.1 Å². The summed E-state index contributed by atoms with van der Waals surface area (Å²) < 4.78 is 14.3. The molecule has 1 aliphatic carbocycles. The fourth-order valence-electron chi connectivity index (χ4n) is 3.23. The summed E-state index contributed by atoms with van der Waals surface area (Å²) in [5, 5.41) is 0. The second-order valence-electron chi connectivity index (χ2n) is 6.19. The SMILES string of the molecule is CCC1CCC(N(C)c2ccc([C@@H](C)N)cc2F)CC1. The fourth-order valence-corrected chi connectivity index (χ4v) is 3.23. The molecular formula is C17H27FN2. The molecule has 0 bridgehead atoms. The average molecular weight is 278 g/mol. The molecule has 0 heterocycles. The second kappa shape index (κ2) is 6.57. The van der Waals surface area contributed by atoms with Gasteiger partial charge in [0, 0.05) is 19.1 Å². The Morgan fingerprint density at radius 1 is 1.30 bits per heavy atom. The van der Waals surface area contributed by atoms with E-state index in [0.717, 1.165) is 11.5 Å². The Labute approximate surface area is 122 Å². The highest BCUT2D eigenvalue weighted by Gasteiger charge is 2.24. The number of halogens is 1. The molecule has 0 saturated heterocycles. The van der Waals surface area contributed by atoms with Gasteiger partial charge < -0.3 is 10.6 Å². The predicted molar refractivity (Wildman–Crippen MR) is 83.4 cm³/mol. The highest BCUT2D eigenvalue weighted by Crippen LogP contribution is 2.32. The van der Waals surface area contributed by atoms with E-state index in [9.17, 15) is 4.39 Å². The van der Waals surface area contributed by atoms with Gasteiger partial charge in [-0.1, -0.05) is 19.4 Å². The first-order chi connectivity index (χ1) is 9.52. The first-order valence-electron chi connectivity index (χ1n) is 7.80. The lowest BCUT2D eigenvalue weighted by Crippen LogP contribution is -2.35. The number of nitrogens with zero attached hydrogens (tertiary/aromatic N) is 1. The molecule has 1 aliphatic rings. The van der Waals surface area contributed by atoms with Crippen LogP contribution >= 0.6 is 0 Å². The third-order valence-corrected chi connectivity index (χ3v) is 4.82. The van der Waals surface area contributed by atoms with Crippen LogP contribution < -0.4 is 10.6 Å². The maximum atomic E-state index is 14.3. The van der Waals surface area contributed by atoms with Gasteiger partial charge in [-0.3, -0.25) is 0 Å². The van der Waals surface area contributed by atoms with Crippen LogP contribution in [0.25, 0.3) is 0 Å². The molecule has 20 heavy (non-hydrogen) atoms. The molecular weight excluding hydrogens is 251 g/mol. The van der Waals surface area contributed by atoms with Crippen molar-refractivity contribution in [3.05, 3.63) is 29.6 Å². The van der Waals surface area contributed by atoms with Crippen molar-refractivity contribution in [3.8, 4) is 0 Å². The van der Waals surface area contributed by atoms with E-state index in [2.05, 4.69) is 11.8 Å². The summed E-state index contributed by atoms with van der Waals surface area (Å²) in [5.41, 5.74) is 7.36. The van der Waals surface area contributed by atoms with Crippen LogP contribution in [0.1, 0.15) is 57.6 Å². The van der Waals surface area contributed by atoms with Crippen molar-refractivity contribution in [2.24, 2.45) is 11.7 Å². The summed E-state index contributed by atoms with van der Waals surface area (Å²) in [6.07, 6.45) is 6.15. The third kappa shape index (κ3) is 3.32. The molecule has 2 nitrogen and oxygen atoms in total. The van der Waals surface area contributed by atoms with Gasteiger partial charge in [0.1, 0.15) is 5.82 Å². The predicted octanol–water partition coefficient (Wildman–Crippen LogP) is 4.25. The molecule has 0 unspecified atom stereocenters. The van der Waals surface area contributed by atoms with E-state index in [1.54, 1.807) is 6.07 Å². The Hall–Kier alpha value is -1.09. The molecule has 1 fully saturated rings. The van der Waals surface area contributed by atoms with E-state index >= 15 is 0 Å². The maximum Gasteiger partial charge on any atom is 0.146 e. The first-order valence-corrected chi connectivity index (χ1v) is 7.80. The van der Waals surface area contributed by atoms with Crippen LogP contribution in [-0.2, 0) is 0 Å². The van der Waals surface area contributed by atoms with Gasteiger partial charge in [0.25, 0.3) is 0 Å². The molecule has 1 aromatic carbocycles. The Bertz CT molecular complexity index is 437. The average Bonchev–Trinajstić information content (AvgIpc) is 2.46. The van der Waals surface area contributed by atoms with Crippen LogP contribution in [0, 0.1) is 11.7 Å². The van der Waals surface area contributed by atoms with Crippen LogP contribution in [0.3, 0.4) is 0 Å². The van der Waals surface area contributed by atoms with Crippen molar-refractivity contribution in [1.82, 2.24) is 0 Å². The van der Waals surface area contributed by atoms with Crippen molar-refractivity contribution < 1.29 is 4.39 Å². The summed E-state index contributed by atoms with van der Waals surface area (Å²) in [7, 11) is 2.01. The summed E-state index contributed by atoms with van der Waals surface area (Å²) in [5.74, 6) is 0.713. The number of anilines is 1. The summed E-state index contributed by atoms with van der Waals surface area (Å²) in [6.45, 7) is 4.14. The van der Waals surface area contributed by atoms with Crippen molar-refractivity contribution in [3.63, 3.8) is 0 Å². The molecule has 3 heteroatoms. The quantitative estimate of drug-likeness (QED) is 0.892. The van der Waals surface area contributed by atoms with Gasteiger partial charge in [-0.15, -0.1) is 0 Å². The lowest BCUT2D eigenvalue weighted by molar-refractivity contribution is 0.312. The first kappa shape index (κ1) is 15.3. The molecule has 0 radical (unpaired) electrons. The molecule has 1 aromatic rings. The molecule has 0 aliphatic heterocycles. The van der Waals surface area contributed by atoms with Gasteiger partial charge in [0.15, 0.2) is 0 Å². The zero-order chi connectivity index (χ0) is 14.7. The smallest absolute Gasteiger partial charge is 0.146 e. The minimum Gasteiger partial charge on any atom is -0.369 e. The largest absolute Gasteiger partial charge is 0.369 e. The van der Waals surface area contributed by atoms with E-state index in [0.29, 0.717) is 11.7 Å². The Balaban J connectivity index is 2.07. The fraction of sp³-hybridized carbons (Fsp3) is 0.647. The summed E-state index contributed by atoms with van der Waals surface area (Å²) in [4.78, 5) is 2.12. The summed E-state index contributed by atoms with van der Waals surface area (Å²) in [6, 6.07) is 5.74. The van der Waals surface area contributed by atoms with Gasteiger partial charge in [0.05, 0.1) is 5.69 Å². The van der Waals surface area contributed by atoms with E-state index < -0.39 is 0 Å². The minimum absolute atomic E-state index is 0.121. The number of rotatable bonds is 4. The van der Waals surface area contributed by atoms with Crippen LogP contribution in [0.2, 0.25) is 0 Å². The van der Waals surface area contributed by atoms with E-state index in [1.807, 2.05) is 26.1 Å². The number of hydrogen-bond acceptors (Lipinski definition) is 2. The zero-order valence-electron chi connectivity index (χ0n) is 12.9. The maximum absolute atomic E-state index is 14.3. The molecule has 1 atom stereocenters. The molecule has 1 saturated carbocycles. The standard InChI is InChI=1S/C17H27FN2/c1-4-13-5-8-15(9-6-13)20(3)17-10-7-14(12(2)19)11-16(17)18/h7,10-13,15H,4-6,8-9,19H2,1-3H3/t12-,13?,15?/m1/s1. The topological polar surface area (TPSA) is 29.3 Å². The molecule has 112 valence electrons. The third-order valence-electron chi connectivity index (χ3n) is 4.82. The molecule has 0 spiro atoms. The van der Waals surface area contributed by atoms with Crippen molar-refractivity contribution >= 4 is 5.69 Å². The molecule has 2 rings (SSSR count). The van der Waals surface area contributed by atoms with Gasteiger partial charge in [-0.2, -0.15) is 0 Å². The normalized spacial score (nSPS) is 24.4. The van der Waals surface area contributed by atoms with Gasteiger partial charge in [-0.05, 0) is 56.2 Å². The highest BCUT2D eigenvalue weighted by molar-refractivity contribution is 5.49. The van der Waals surface area contributed by atoms with E-state index in [4.69, 9.17) is 5.73 Å². The monoisotopic (exact) mass is 278 g/mol. The van der Waals surface area contributed by atoms with Crippen LogP contribution in [-0.4, -0.2) is 13.1 Å². The molecule has 0 amide bonds. The van der Waals surface area contributed by atoms with E-state index in [-0.39, 0.29) is 11.9 Å². The van der Waals surface area contributed by atoms with E-state index in [1.165, 1.54) is 32.1 Å². The van der Waals surface area contributed by atoms with Crippen LogP contribution in [0.15, 0.2) is 18.2 Å². The Kier molecular flexibility index (Phi) is 5.03. The Morgan fingerprint density at radius 3 is 2.45 bits per heavy atom. The highest BCUT2D eigenvalue weighted by atomic mass is 19.1. The van der Waals surface area contributed by atoms with Crippen molar-refractivity contribution in [2.75, 3.05) is 11.9 Å². The lowest BCUT2D eigenvalue weighted by Gasteiger charge is -2.36. The van der Waals surface area contributed by atoms with Crippen molar-refractivity contribution in [1.29, 1.82) is 0 Å². The Morgan fingerprint density at radius 2 is 1.95 bits per heavy atom. The number of nitrogens with two attached hydrogens (primary N) is 1. The van der Waals surface area contributed by atoms with Gasteiger partial charge in [-0.25, -0.2) is 4.39 Å². The summed E-state index contributed by atoms with van der Waals surface area (Å²) >= 11 is 0. The van der Waals surface area contributed by atoms with Crippen LogP contribution in [0.5, 0.6) is 0 Å². The second-order valence-corrected chi connectivity index (χ2v) is 6.19. The minimum atomic E-state index is -0.153. The van der Waals surface area contributed by atoms with Gasteiger partial charge in [0.2, 0.25) is 0 Å². The van der Waals surface area contributed by atoms with Crippen molar-refractivity contribution in [2.45, 2.75) is 58.0 Å². The number of hydrogen-bond donors (Lipinski definition) is 1. The molecule has 2 N–H and O–H groups in total.